The molecule has 0 spiro atoms. The van der Waals surface area contributed by atoms with Crippen molar-refractivity contribution in [2.45, 2.75) is 19.3 Å². The molecule has 108 valence electrons. The van der Waals surface area contributed by atoms with E-state index < -0.39 is 0 Å². The molecule has 0 aromatic heterocycles. The van der Waals surface area contributed by atoms with Gasteiger partial charge in [-0.1, -0.05) is 22.0 Å². The maximum absolute atomic E-state index is 12.2. The summed E-state index contributed by atoms with van der Waals surface area (Å²) in [5.74, 6) is -0.126. The Balaban J connectivity index is 1.93. The normalized spacial score (nSPS) is 18.6. The Labute approximate surface area is 126 Å². The van der Waals surface area contributed by atoms with Crippen molar-refractivity contribution in [1.82, 2.24) is 4.90 Å². The van der Waals surface area contributed by atoms with Gasteiger partial charge in [-0.05, 0) is 37.0 Å². The summed E-state index contributed by atoms with van der Waals surface area (Å²) in [5, 5.41) is 2.87. The van der Waals surface area contributed by atoms with Gasteiger partial charge in [-0.3, -0.25) is 4.79 Å². The zero-order chi connectivity index (χ0) is 14.5. The molecule has 20 heavy (non-hydrogen) atoms. The third kappa shape index (κ3) is 4.23. The molecule has 1 aromatic carbocycles. The molecule has 1 fully saturated rings. The number of amides is 3. The number of urea groups is 1. The van der Waals surface area contributed by atoms with Gasteiger partial charge < -0.3 is 16.0 Å². The Kier molecular flexibility index (Phi) is 5.00. The zero-order valence-electron chi connectivity index (χ0n) is 11.1. The van der Waals surface area contributed by atoms with Crippen LogP contribution in [0.3, 0.4) is 0 Å². The molecule has 1 aliphatic rings. The van der Waals surface area contributed by atoms with E-state index in [4.69, 9.17) is 5.73 Å². The van der Waals surface area contributed by atoms with Crippen molar-refractivity contribution in [3.63, 3.8) is 0 Å². The number of primary amides is 1. The molecular formula is C14H18BrN3O2. The van der Waals surface area contributed by atoms with E-state index in [1.807, 2.05) is 24.3 Å². The fraction of sp³-hybridized carbons (Fsp3) is 0.429. The summed E-state index contributed by atoms with van der Waals surface area (Å²) in [7, 11) is 0. The first-order chi connectivity index (χ1) is 9.54. The van der Waals surface area contributed by atoms with Crippen molar-refractivity contribution >= 4 is 33.6 Å². The van der Waals surface area contributed by atoms with E-state index in [0.717, 1.165) is 29.5 Å². The molecule has 3 amide bonds. The fourth-order valence-corrected chi connectivity index (χ4v) is 2.87. The Morgan fingerprint density at radius 3 is 2.95 bits per heavy atom. The fourth-order valence-electron chi connectivity index (χ4n) is 2.47. The monoisotopic (exact) mass is 339 g/mol. The predicted molar refractivity (Wildman–Crippen MR) is 81.3 cm³/mol. The number of rotatable bonds is 3. The van der Waals surface area contributed by atoms with Gasteiger partial charge in [0.15, 0.2) is 0 Å². The summed E-state index contributed by atoms with van der Waals surface area (Å²) in [6.45, 7) is 1.30. The third-order valence-electron chi connectivity index (χ3n) is 3.37. The minimum atomic E-state index is -0.302. The first kappa shape index (κ1) is 14.8. The van der Waals surface area contributed by atoms with Crippen molar-refractivity contribution < 1.29 is 9.59 Å². The smallest absolute Gasteiger partial charge is 0.321 e. The molecule has 0 bridgehead atoms. The highest BCUT2D eigenvalue weighted by Crippen LogP contribution is 2.21. The summed E-state index contributed by atoms with van der Waals surface area (Å²) in [6.07, 6.45) is 2.20. The average Bonchev–Trinajstić information content (AvgIpc) is 2.38. The van der Waals surface area contributed by atoms with Crippen LogP contribution >= 0.6 is 15.9 Å². The maximum atomic E-state index is 12.2. The van der Waals surface area contributed by atoms with E-state index in [2.05, 4.69) is 21.2 Å². The molecule has 0 unspecified atom stereocenters. The number of nitrogens with two attached hydrogens (primary N) is 1. The van der Waals surface area contributed by atoms with Crippen LogP contribution in [0.4, 0.5) is 10.5 Å². The quantitative estimate of drug-likeness (QED) is 0.887. The molecule has 5 nitrogen and oxygen atoms in total. The van der Waals surface area contributed by atoms with Crippen LogP contribution in [0.5, 0.6) is 0 Å². The van der Waals surface area contributed by atoms with Gasteiger partial charge in [0.05, 0.1) is 0 Å². The molecular weight excluding hydrogens is 322 g/mol. The van der Waals surface area contributed by atoms with Crippen LogP contribution in [-0.4, -0.2) is 29.9 Å². The lowest BCUT2D eigenvalue weighted by atomic mass is 9.95. The van der Waals surface area contributed by atoms with Gasteiger partial charge in [0, 0.05) is 29.7 Å². The molecule has 1 aliphatic heterocycles. The van der Waals surface area contributed by atoms with Gasteiger partial charge in [0.2, 0.25) is 5.91 Å². The van der Waals surface area contributed by atoms with Crippen LogP contribution in [0.2, 0.25) is 0 Å². The molecule has 0 aliphatic carbocycles. The number of likely N-dealkylation sites (tertiary alicyclic amines) is 1. The molecule has 0 saturated carbocycles. The lowest BCUT2D eigenvalue weighted by Gasteiger charge is -2.32. The Bertz CT molecular complexity index is 507. The van der Waals surface area contributed by atoms with E-state index in [0.29, 0.717) is 13.0 Å². The molecule has 3 N–H and O–H groups in total. The third-order valence-corrected chi connectivity index (χ3v) is 3.87. The van der Waals surface area contributed by atoms with Gasteiger partial charge in [-0.2, -0.15) is 0 Å². The van der Waals surface area contributed by atoms with E-state index in [9.17, 15) is 9.59 Å². The summed E-state index contributed by atoms with van der Waals surface area (Å²) in [6, 6.07) is 7.33. The molecule has 0 radical (unpaired) electrons. The standard InChI is InChI=1S/C14H18BrN3O2/c15-11-4-1-5-12(8-11)17-14(20)18-6-2-3-10(9-18)7-13(16)19/h1,4-5,8,10H,2-3,6-7,9H2,(H2,16,19)(H,17,20)/t10-/m1/s1. The second-order valence-corrected chi connectivity index (χ2v) is 5.98. The van der Waals surface area contributed by atoms with Crippen LogP contribution in [0.1, 0.15) is 19.3 Å². The van der Waals surface area contributed by atoms with Crippen molar-refractivity contribution in [1.29, 1.82) is 0 Å². The maximum Gasteiger partial charge on any atom is 0.321 e. The van der Waals surface area contributed by atoms with Crippen LogP contribution in [0.25, 0.3) is 0 Å². The predicted octanol–water partition coefficient (Wildman–Crippen LogP) is 2.57. The second kappa shape index (κ2) is 6.74. The Hall–Kier alpha value is -1.56. The molecule has 1 saturated heterocycles. The van der Waals surface area contributed by atoms with Crippen LogP contribution in [0.15, 0.2) is 28.7 Å². The Morgan fingerprint density at radius 2 is 2.25 bits per heavy atom. The number of anilines is 1. The largest absolute Gasteiger partial charge is 0.370 e. The average molecular weight is 340 g/mol. The lowest BCUT2D eigenvalue weighted by molar-refractivity contribution is -0.119. The minimum absolute atomic E-state index is 0.128. The van der Waals surface area contributed by atoms with Crippen molar-refractivity contribution in [2.24, 2.45) is 11.7 Å². The molecule has 1 aromatic rings. The topological polar surface area (TPSA) is 75.4 Å². The highest BCUT2D eigenvalue weighted by atomic mass is 79.9. The van der Waals surface area contributed by atoms with E-state index in [-0.39, 0.29) is 17.9 Å². The van der Waals surface area contributed by atoms with Crippen LogP contribution in [-0.2, 0) is 4.79 Å². The molecule has 2 rings (SSSR count). The van der Waals surface area contributed by atoms with Crippen LogP contribution in [0, 0.1) is 5.92 Å². The zero-order valence-corrected chi connectivity index (χ0v) is 12.7. The minimum Gasteiger partial charge on any atom is -0.370 e. The summed E-state index contributed by atoms with van der Waals surface area (Å²) >= 11 is 3.37. The molecule has 6 heteroatoms. The number of carbonyl (C=O) groups excluding carboxylic acids is 2. The van der Waals surface area contributed by atoms with E-state index in [1.165, 1.54) is 0 Å². The highest BCUT2D eigenvalue weighted by molar-refractivity contribution is 9.10. The number of carbonyl (C=O) groups is 2. The lowest BCUT2D eigenvalue weighted by Crippen LogP contribution is -2.43. The van der Waals surface area contributed by atoms with Crippen molar-refractivity contribution in [2.75, 3.05) is 18.4 Å². The number of hydrogen-bond donors (Lipinski definition) is 2. The Morgan fingerprint density at radius 1 is 1.45 bits per heavy atom. The first-order valence-electron chi connectivity index (χ1n) is 6.64. The number of nitrogens with one attached hydrogen (secondary N) is 1. The molecule has 1 atom stereocenters. The van der Waals surface area contributed by atoms with Crippen molar-refractivity contribution in [3.05, 3.63) is 28.7 Å². The molecule has 1 heterocycles. The summed E-state index contributed by atoms with van der Waals surface area (Å²) in [5.41, 5.74) is 5.97. The van der Waals surface area contributed by atoms with Gasteiger partial charge in [-0.15, -0.1) is 0 Å². The second-order valence-electron chi connectivity index (χ2n) is 5.07. The number of hydrogen-bond acceptors (Lipinski definition) is 2. The van der Waals surface area contributed by atoms with Gasteiger partial charge in [-0.25, -0.2) is 4.79 Å². The van der Waals surface area contributed by atoms with Gasteiger partial charge in [0.25, 0.3) is 0 Å². The number of halogens is 1. The number of benzene rings is 1. The van der Waals surface area contributed by atoms with E-state index >= 15 is 0 Å². The number of nitrogens with zero attached hydrogens (tertiary/aromatic N) is 1. The summed E-state index contributed by atoms with van der Waals surface area (Å²) in [4.78, 5) is 24.9. The summed E-state index contributed by atoms with van der Waals surface area (Å²) < 4.78 is 0.917. The van der Waals surface area contributed by atoms with Crippen LogP contribution < -0.4 is 11.1 Å². The van der Waals surface area contributed by atoms with Crippen molar-refractivity contribution in [3.8, 4) is 0 Å². The van der Waals surface area contributed by atoms with E-state index in [1.54, 1.807) is 4.90 Å². The van der Waals surface area contributed by atoms with Gasteiger partial charge >= 0.3 is 6.03 Å². The SMILES string of the molecule is NC(=O)C[C@H]1CCCN(C(=O)Nc2cccc(Br)c2)C1. The first-order valence-corrected chi connectivity index (χ1v) is 7.43. The highest BCUT2D eigenvalue weighted by Gasteiger charge is 2.24. The number of piperidine rings is 1. The van der Waals surface area contributed by atoms with Gasteiger partial charge in [0.1, 0.15) is 0 Å².